The maximum absolute atomic E-state index is 13.1. The topological polar surface area (TPSA) is 46.5 Å². The first kappa shape index (κ1) is 15.5. The Balaban J connectivity index is 2.05. The van der Waals surface area contributed by atoms with Crippen molar-refractivity contribution in [2.45, 2.75) is 19.3 Å². The van der Waals surface area contributed by atoms with Crippen molar-refractivity contribution in [3.8, 4) is 11.5 Å². The van der Waals surface area contributed by atoms with Crippen LogP contribution in [0.15, 0.2) is 66.7 Å². The number of aromatic hydroxyl groups is 1. The maximum Gasteiger partial charge on any atom is 0.331 e. The number of hydrogen-bond acceptors (Lipinski definition) is 3. The summed E-state index contributed by atoms with van der Waals surface area (Å²) in [5.41, 5.74) is 3.70. The number of phenols is 1. The lowest BCUT2D eigenvalue weighted by Crippen LogP contribution is -2.36. The minimum absolute atomic E-state index is 0.0789. The number of fused-ring (bicyclic) bond motifs is 1. The van der Waals surface area contributed by atoms with E-state index in [0.717, 1.165) is 27.8 Å². The summed E-state index contributed by atoms with van der Waals surface area (Å²) < 4.78 is 5.57. The van der Waals surface area contributed by atoms with Crippen molar-refractivity contribution in [3.05, 3.63) is 94.5 Å². The molecule has 0 spiro atoms. The van der Waals surface area contributed by atoms with Crippen LogP contribution in [-0.2, 0) is 10.2 Å². The van der Waals surface area contributed by atoms with Gasteiger partial charge in [-0.2, -0.15) is 0 Å². The molecular weight excluding hydrogens is 312 g/mol. The monoisotopic (exact) mass is 330 g/mol. The van der Waals surface area contributed by atoms with Crippen molar-refractivity contribution in [3.63, 3.8) is 0 Å². The van der Waals surface area contributed by atoms with E-state index in [9.17, 15) is 9.90 Å². The molecular formula is C22H18O3. The van der Waals surface area contributed by atoms with Crippen LogP contribution >= 0.6 is 0 Å². The summed E-state index contributed by atoms with van der Waals surface area (Å²) in [5.74, 6) is 0.141. The minimum Gasteiger partial charge on any atom is -0.508 e. The van der Waals surface area contributed by atoms with Gasteiger partial charge in [-0.1, -0.05) is 59.7 Å². The molecule has 4 rings (SSSR count). The van der Waals surface area contributed by atoms with Crippen LogP contribution in [0.4, 0.5) is 0 Å². The SMILES string of the molecule is Cc1ccc(C2(c3ccc(C)cc3)C(=O)Oc3cc(O)ccc32)cc1. The fraction of sp³-hybridized carbons (Fsp3) is 0.136. The number of hydrogen-bond donors (Lipinski definition) is 1. The van der Waals surface area contributed by atoms with Gasteiger partial charge in [-0.05, 0) is 37.1 Å². The van der Waals surface area contributed by atoms with Crippen molar-refractivity contribution in [2.24, 2.45) is 0 Å². The summed E-state index contributed by atoms with van der Waals surface area (Å²) in [4.78, 5) is 13.1. The Morgan fingerprint density at radius 2 is 1.32 bits per heavy atom. The number of benzene rings is 3. The average molecular weight is 330 g/mol. The van der Waals surface area contributed by atoms with Gasteiger partial charge >= 0.3 is 5.97 Å². The van der Waals surface area contributed by atoms with Crippen molar-refractivity contribution >= 4 is 5.97 Å². The van der Waals surface area contributed by atoms with Gasteiger partial charge < -0.3 is 9.84 Å². The Labute approximate surface area is 146 Å². The predicted octanol–water partition coefficient (Wildman–Crippen LogP) is 4.26. The highest BCUT2D eigenvalue weighted by Crippen LogP contribution is 2.49. The molecule has 0 saturated carbocycles. The molecule has 1 aliphatic heterocycles. The van der Waals surface area contributed by atoms with Crippen molar-refractivity contribution in [1.29, 1.82) is 0 Å². The van der Waals surface area contributed by atoms with Crippen LogP contribution in [0.5, 0.6) is 11.5 Å². The van der Waals surface area contributed by atoms with Crippen LogP contribution in [0.2, 0.25) is 0 Å². The molecule has 0 saturated heterocycles. The van der Waals surface area contributed by atoms with E-state index in [4.69, 9.17) is 4.74 Å². The lowest BCUT2D eigenvalue weighted by Gasteiger charge is -2.27. The van der Waals surface area contributed by atoms with Gasteiger partial charge in [-0.15, -0.1) is 0 Å². The molecule has 0 radical (unpaired) electrons. The first-order valence-corrected chi connectivity index (χ1v) is 8.22. The third-order valence-electron chi connectivity index (χ3n) is 4.85. The standard InChI is InChI=1S/C22H18O3/c1-14-3-7-16(8-4-14)22(17-9-5-15(2)6-10-17)19-12-11-18(23)13-20(19)25-21(22)24/h3-13,23H,1-2H3. The highest BCUT2D eigenvalue weighted by atomic mass is 16.5. The van der Waals surface area contributed by atoms with Gasteiger partial charge in [0.25, 0.3) is 0 Å². The zero-order valence-electron chi connectivity index (χ0n) is 14.1. The van der Waals surface area contributed by atoms with Gasteiger partial charge in [0, 0.05) is 11.6 Å². The molecule has 1 aliphatic rings. The summed E-state index contributed by atoms with van der Waals surface area (Å²) in [6, 6.07) is 20.7. The molecule has 124 valence electrons. The highest BCUT2D eigenvalue weighted by Gasteiger charge is 2.52. The third kappa shape index (κ3) is 2.23. The third-order valence-corrected chi connectivity index (χ3v) is 4.85. The lowest BCUT2D eigenvalue weighted by atomic mass is 9.70. The van der Waals surface area contributed by atoms with Gasteiger partial charge in [0.2, 0.25) is 0 Å². The van der Waals surface area contributed by atoms with Gasteiger partial charge in [-0.3, -0.25) is 0 Å². The largest absolute Gasteiger partial charge is 0.508 e. The fourth-order valence-corrected chi connectivity index (χ4v) is 3.51. The van der Waals surface area contributed by atoms with Crippen LogP contribution in [0.1, 0.15) is 27.8 Å². The summed E-state index contributed by atoms with van der Waals surface area (Å²) in [6.07, 6.45) is 0. The number of rotatable bonds is 2. The number of carbonyl (C=O) groups is 1. The zero-order valence-corrected chi connectivity index (χ0v) is 14.1. The number of phenolic OH excluding ortho intramolecular Hbond substituents is 1. The number of aryl methyl sites for hydroxylation is 2. The summed E-state index contributed by atoms with van der Waals surface area (Å²) in [5, 5.41) is 9.78. The van der Waals surface area contributed by atoms with E-state index in [2.05, 4.69) is 0 Å². The van der Waals surface area contributed by atoms with Crippen LogP contribution < -0.4 is 4.74 Å². The van der Waals surface area contributed by atoms with Crippen LogP contribution in [0.3, 0.4) is 0 Å². The molecule has 3 heteroatoms. The van der Waals surface area contributed by atoms with Crippen LogP contribution in [0, 0.1) is 13.8 Å². The van der Waals surface area contributed by atoms with Gasteiger partial charge in [0.05, 0.1) is 0 Å². The molecule has 0 fully saturated rings. The van der Waals surface area contributed by atoms with Gasteiger partial charge in [-0.25, -0.2) is 4.79 Å². The lowest BCUT2D eigenvalue weighted by molar-refractivity contribution is -0.135. The van der Waals surface area contributed by atoms with E-state index >= 15 is 0 Å². The molecule has 25 heavy (non-hydrogen) atoms. The van der Waals surface area contributed by atoms with Crippen LogP contribution in [0.25, 0.3) is 0 Å². The van der Waals surface area contributed by atoms with E-state index in [-0.39, 0.29) is 11.7 Å². The Bertz CT molecular complexity index is 908. The first-order chi connectivity index (χ1) is 12.0. The minimum atomic E-state index is -1.02. The Kier molecular flexibility index (Phi) is 3.39. The first-order valence-electron chi connectivity index (χ1n) is 8.22. The fourth-order valence-electron chi connectivity index (χ4n) is 3.51. The summed E-state index contributed by atoms with van der Waals surface area (Å²) >= 11 is 0. The molecule has 0 bridgehead atoms. The summed E-state index contributed by atoms with van der Waals surface area (Å²) in [6.45, 7) is 4.03. The van der Waals surface area contributed by atoms with Crippen LogP contribution in [-0.4, -0.2) is 11.1 Å². The van der Waals surface area contributed by atoms with Crippen molar-refractivity contribution in [2.75, 3.05) is 0 Å². The Hall–Kier alpha value is -3.07. The Morgan fingerprint density at radius 3 is 1.84 bits per heavy atom. The molecule has 0 aliphatic carbocycles. The number of carbonyl (C=O) groups excluding carboxylic acids is 1. The second kappa shape index (κ2) is 5.49. The smallest absolute Gasteiger partial charge is 0.331 e. The molecule has 0 unspecified atom stereocenters. The number of ether oxygens (including phenoxy) is 1. The molecule has 3 nitrogen and oxygen atoms in total. The zero-order chi connectivity index (χ0) is 17.6. The molecule has 1 N–H and O–H groups in total. The predicted molar refractivity (Wildman–Crippen MR) is 96.0 cm³/mol. The average Bonchev–Trinajstić information content (AvgIpc) is 2.88. The van der Waals surface area contributed by atoms with E-state index in [0.29, 0.717) is 5.75 Å². The molecule has 3 aromatic carbocycles. The molecule has 0 atom stereocenters. The second-order valence-corrected chi connectivity index (χ2v) is 6.55. The normalized spacial score (nSPS) is 14.9. The number of esters is 1. The molecule has 0 amide bonds. The van der Waals surface area contributed by atoms with E-state index in [1.54, 1.807) is 12.1 Å². The quantitative estimate of drug-likeness (QED) is 0.564. The highest BCUT2D eigenvalue weighted by molar-refractivity contribution is 5.98. The van der Waals surface area contributed by atoms with Crippen molar-refractivity contribution in [1.82, 2.24) is 0 Å². The Morgan fingerprint density at radius 1 is 0.800 bits per heavy atom. The van der Waals surface area contributed by atoms with Crippen molar-refractivity contribution < 1.29 is 14.6 Å². The van der Waals surface area contributed by atoms with Gasteiger partial charge in [0.1, 0.15) is 16.9 Å². The van der Waals surface area contributed by atoms with E-state index in [1.165, 1.54) is 6.07 Å². The summed E-state index contributed by atoms with van der Waals surface area (Å²) in [7, 11) is 0. The molecule has 0 aromatic heterocycles. The maximum atomic E-state index is 13.1. The molecule has 1 heterocycles. The van der Waals surface area contributed by atoms with Gasteiger partial charge in [0.15, 0.2) is 0 Å². The second-order valence-electron chi connectivity index (χ2n) is 6.55. The molecule has 3 aromatic rings. The van der Waals surface area contributed by atoms with E-state index < -0.39 is 5.41 Å². The van der Waals surface area contributed by atoms with E-state index in [1.807, 2.05) is 62.4 Å².